The number of halogens is 1. The largest absolute Gasteiger partial charge is 0.277 e. The fourth-order valence-electron chi connectivity index (χ4n) is 4.20. The molecule has 0 saturated heterocycles. The molecule has 1 aliphatic carbocycles. The molecule has 0 radical (unpaired) electrons. The van der Waals surface area contributed by atoms with Gasteiger partial charge in [-0.3, -0.25) is 25.0 Å². The van der Waals surface area contributed by atoms with Crippen molar-refractivity contribution in [3.8, 4) is 0 Å². The van der Waals surface area contributed by atoms with E-state index in [0.717, 1.165) is 12.8 Å². The highest BCUT2D eigenvalue weighted by Crippen LogP contribution is 2.41. The number of anilines is 1. The molecule has 1 amide bonds. The summed E-state index contributed by atoms with van der Waals surface area (Å²) in [6.45, 7) is 2.25. The normalized spacial score (nSPS) is 15.4. The molecule has 0 aliphatic heterocycles. The topological polar surface area (TPSA) is 76.0 Å². The summed E-state index contributed by atoms with van der Waals surface area (Å²) in [7, 11) is 0. The first-order chi connectivity index (χ1) is 14.0. The van der Waals surface area contributed by atoms with E-state index in [-0.39, 0.29) is 23.2 Å². The Morgan fingerprint density at radius 1 is 1.17 bits per heavy atom. The molecule has 1 fully saturated rings. The van der Waals surface area contributed by atoms with Crippen LogP contribution in [0.15, 0.2) is 53.3 Å². The fourth-order valence-corrected chi connectivity index (χ4v) is 4.20. The van der Waals surface area contributed by atoms with Crippen LogP contribution in [0.4, 0.5) is 10.3 Å². The molecule has 4 rings (SSSR count). The molecule has 0 bridgehead atoms. The van der Waals surface area contributed by atoms with E-state index in [0.29, 0.717) is 35.9 Å². The lowest BCUT2D eigenvalue weighted by Crippen LogP contribution is -2.46. The van der Waals surface area contributed by atoms with Crippen LogP contribution in [0, 0.1) is 5.82 Å². The van der Waals surface area contributed by atoms with Gasteiger partial charge in [0.2, 0.25) is 11.9 Å². The zero-order chi connectivity index (χ0) is 20.4. The molecule has 3 aromatic rings. The SMILES string of the molecule is CCn1c(NNC(=O)C2(c3cccc(F)c3)CCCC2)nc2ccccc2c1=O. The highest BCUT2D eigenvalue weighted by molar-refractivity contribution is 5.89. The second-order valence-corrected chi connectivity index (χ2v) is 7.38. The number of amides is 1. The molecule has 2 N–H and O–H groups in total. The first-order valence-corrected chi connectivity index (χ1v) is 9.87. The summed E-state index contributed by atoms with van der Waals surface area (Å²) in [6, 6.07) is 13.3. The second-order valence-electron chi connectivity index (χ2n) is 7.38. The van der Waals surface area contributed by atoms with Crippen LogP contribution in [0.1, 0.15) is 38.2 Å². The molecule has 150 valence electrons. The Hall–Kier alpha value is -3.22. The number of benzene rings is 2. The van der Waals surface area contributed by atoms with E-state index in [4.69, 9.17) is 0 Å². The lowest BCUT2D eigenvalue weighted by Gasteiger charge is -2.28. The van der Waals surface area contributed by atoms with Crippen molar-refractivity contribution >= 4 is 22.8 Å². The number of hydrazine groups is 1. The van der Waals surface area contributed by atoms with Gasteiger partial charge < -0.3 is 0 Å². The summed E-state index contributed by atoms with van der Waals surface area (Å²) in [6.07, 6.45) is 3.10. The van der Waals surface area contributed by atoms with Gasteiger partial charge in [-0.15, -0.1) is 0 Å². The number of hydrogen-bond donors (Lipinski definition) is 2. The molecule has 0 spiro atoms. The van der Waals surface area contributed by atoms with Crippen molar-refractivity contribution in [2.24, 2.45) is 0 Å². The average Bonchev–Trinajstić information content (AvgIpc) is 3.23. The third-order valence-electron chi connectivity index (χ3n) is 5.73. The minimum atomic E-state index is -0.788. The number of nitrogens with one attached hydrogen (secondary N) is 2. The van der Waals surface area contributed by atoms with Gasteiger partial charge in [0, 0.05) is 6.54 Å². The number of carbonyl (C=O) groups is 1. The van der Waals surface area contributed by atoms with Crippen LogP contribution in [0.2, 0.25) is 0 Å². The van der Waals surface area contributed by atoms with E-state index in [9.17, 15) is 14.0 Å². The zero-order valence-corrected chi connectivity index (χ0v) is 16.2. The number of aromatic nitrogens is 2. The number of hydrogen-bond acceptors (Lipinski definition) is 4. The summed E-state index contributed by atoms with van der Waals surface area (Å²) in [5.74, 6) is -0.326. The maximum atomic E-state index is 13.8. The van der Waals surface area contributed by atoms with Crippen LogP contribution in [0.25, 0.3) is 10.9 Å². The van der Waals surface area contributed by atoms with Gasteiger partial charge in [-0.1, -0.05) is 37.1 Å². The van der Waals surface area contributed by atoms with Gasteiger partial charge in [0.1, 0.15) is 5.82 Å². The van der Waals surface area contributed by atoms with Gasteiger partial charge in [-0.05, 0) is 49.6 Å². The molecular weight excluding hydrogens is 371 g/mol. The summed E-state index contributed by atoms with van der Waals surface area (Å²) in [4.78, 5) is 30.4. The van der Waals surface area contributed by atoms with Crippen molar-refractivity contribution in [2.75, 3.05) is 5.43 Å². The number of fused-ring (bicyclic) bond motifs is 1. The molecule has 2 aromatic carbocycles. The molecule has 1 aromatic heterocycles. The Labute approximate surface area is 167 Å². The maximum absolute atomic E-state index is 13.8. The van der Waals surface area contributed by atoms with E-state index in [1.807, 2.05) is 13.0 Å². The van der Waals surface area contributed by atoms with Gasteiger partial charge in [-0.25, -0.2) is 9.37 Å². The van der Waals surface area contributed by atoms with Crippen LogP contribution in [0.3, 0.4) is 0 Å². The van der Waals surface area contributed by atoms with Gasteiger partial charge in [-0.2, -0.15) is 0 Å². The van der Waals surface area contributed by atoms with Crippen molar-refractivity contribution in [2.45, 2.75) is 44.6 Å². The predicted octanol–water partition coefficient (Wildman–Crippen LogP) is 3.51. The van der Waals surface area contributed by atoms with Crippen LogP contribution in [0.5, 0.6) is 0 Å². The van der Waals surface area contributed by atoms with Crippen molar-refractivity contribution in [1.29, 1.82) is 0 Å². The van der Waals surface area contributed by atoms with Gasteiger partial charge >= 0.3 is 0 Å². The van der Waals surface area contributed by atoms with Gasteiger partial charge in [0.15, 0.2) is 0 Å². The molecule has 1 saturated carbocycles. The molecule has 1 heterocycles. The quantitative estimate of drug-likeness (QED) is 0.650. The Balaban J connectivity index is 1.64. The maximum Gasteiger partial charge on any atom is 0.262 e. The third-order valence-corrected chi connectivity index (χ3v) is 5.73. The molecule has 1 aliphatic rings. The van der Waals surface area contributed by atoms with Gasteiger partial charge in [0.05, 0.1) is 16.3 Å². The molecular formula is C22H23FN4O2. The predicted molar refractivity (Wildman–Crippen MR) is 110 cm³/mol. The van der Waals surface area contributed by atoms with E-state index in [1.165, 1.54) is 16.7 Å². The minimum absolute atomic E-state index is 0.171. The smallest absolute Gasteiger partial charge is 0.262 e. The Kier molecular flexibility index (Phi) is 5.05. The third kappa shape index (κ3) is 3.37. The monoisotopic (exact) mass is 394 g/mol. The summed E-state index contributed by atoms with van der Waals surface area (Å²) < 4.78 is 15.3. The number of para-hydroxylation sites is 1. The van der Waals surface area contributed by atoms with Crippen molar-refractivity contribution in [3.63, 3.8) is 0 Å². The van der Waals surface area contributed by atoms with Crippen molar-refractivity contribution in [3.05, 3.63) is 70.3 Å². The average molecular weight is 394 g/mol. The van der Waals surface area contributed by atoms with E-state index >= 15 is 0 Å². The molecule has 7 heteroatoms. The van der Waals surface area contributed by atoms with E-state index < -0.39 is 5.41 Å². The molecule has 0 unspecified atom stereocenters. The number of rotatable bonds is 5. The number of carbonyl (C=O) groups excluding carboxylic acids is 1. The zero-order valence-electron chi connectivity index (χ0n) is 16.2. The standard InChI is InChI=1S/C22H23FN4O2/c1-2-27-19(28)17-10-3-4-11-18(17)24-21(27)26-25-20(29)22(12-5-6-13-22)15-8-7-9-16(23)14-15/h3-4,7-11,14H,2,5-6,12-13H2,1H3,(H,24,26)(H,25,29). The molecule has 0 atom stereocenters. The van der Waals surface area contributed by atoms with Crippen molar-refractivity contribution < 1.29 is 9.18 Å². The lowest BCUT2D eigenvalue weighted by molar-refractivity contribution is -0.126. The van der Waals surface area contributed by atoms with Crippen LogP contribution in [-0.2, 0) is 16.8 Å². The summed E-state index contributed by atoms with van der Waals surface area (Å²) in [5.41, 5.74) is 5.84. The van der Waals surface area contributed by atoms with Crippen LogP contribution >= 0.6 is 0 Å². The number of nitrogens with zero attached hydrogens (tertiary/aromatic N) is 2. The summed E-state index contributed by atoms with van der Waals surface area (Å²) in [5, 5.41) is 0.526. The first-order valence-electron chi connectivity index (χ1n) is 9.87. The molecule has 6 nitrogen and oxygen atoms in total. The molecule has 29 heavy (non-hydrogen) atoms. The minimum Gasteiger partial charge on any atom is -0.277 e. The fraction of sp³-hybridized carbons (Fsp3) is 0.318. The van der Waals surface area contributed by atoms with Crippen LogP contribution < -0.4 is 16.4 Å². The highest BCUT2D eigenvalue weighted by atomic mass is 19.1. The Morgan fingerprint density at radius 2 is 1.93 bits per heavy atom. The summed E-state index contributed by atoms with van der Waals surface area (Å²) >= 11 is 0. The van der Waals surface area contributed by atoms with Crippen LogP contribution in [-0.4, -0.2) is 15.5 Å². The highest BCUT2D eigenvalue weighted by Gasteiger charge is 2.43. The first kappa shape index (κ1) is 19.1. The van der Waals surface area contributed by atoms with E-state index in [2.05, 4.69) is 15.8 Å². The van der Waals surface area contributed by atoms with Gasteiger partial charge in [0.25, 0.3) is 5.56 Å². The van der Waals surface area contributed by atoms with E-state index in [1.54, 1.807) is 30.3 Å². The second kappa shape index (κ2) is 7.66. The van der Waals surface area contributed by atoms with Crippen molar-refractivity contribution in [1.82, 2.24) is 15.0 Å². The Bertz CT molecular complexity index is 1120. The lowest BCUT2D eigenvalue weighted by atomic mass is 9.78. The Morgan fingerprint density at radius 3 is 2.66 bits per heavy atom.